The van der Waals surface area contributed by atoms with Gasteiger partial charge in [-0.25, -0.2) is 0 Å². The zero-order valence-corrected chi connectivity index (χ0v) is 22.7. The van der Waals surface area contributed by atoms with Crippen LogP contribution in [-0.2, 0) is 13.0 Å². The molecule has 208 valence electrons. The highest BCUT2D eigenvalue weighted by molar-refractivity contribution is 5.58. The lowest BCUT2D eigenvalue weighted by atomic mass is 10.1. The molecule has 0 aliphatic rings. The highest BCUT2D eigenvalue weighted by atomic mass is 19.4. The van der Waals surface area contributed by atoms with Crippen LogP contribution in [0.2, 0.25) is 0 Å². The van der Waals surface area contributed by atoms with Gasteiger partial charge in [-0.3, -0.25) is 14.6 Å². The van der Waals surface area contributed by atoms with Crippen LogP contribution in [0, 0.1) is 6.92 Å². The molecule has 0 unspecified atom stereocenters. The summed E-state index contributed by atoms with van der Waals surface area (Å²) >= 11 is 0. The second-order valence-corrected chi connectivity index (χ2v) is 9.97. The molecule has 8 nitrogen and oxygen atoms in total. The minimum Gasteiger partial charge on any atom is -0.406 e. The van der Waals surface area contributed by atoms with Crippen LogP contribution < -0.4 is 4.74 Å². The van der Waals surface area contributed by atoms with E-state index in [1.165, 1.54) is 24.3 Å². The molecule has 11 heteroatoms. The summed E-state index contributed by atoms with van der Waals surface area (Å²) < 4.78 is 48.3. The fraction of sp³-hybridized carbons (Fsp3) is 0.429. The van der Waals surface area contributed by atoms with Crippen molar-refractivity contribution in [1.82, 2.24) is 29.8 Å². The topological polar surface area (TPSA) is 82.1 Å². The summed E-state index contributed by atoms with van der Waals surface area (Å²) in [6.07, 6.45) is -2.81. The number of aryl methyl sites for hydroxylation is 2. The van der Waals surface area contributed by atoms with Gasteiger partial charge in [0.05, 0.1) is 12.2 Å². The second-order valence-electron chi connectivity index (χ2n) is 9.97. The second kappa shape index (κ2) is 12.0. The first-order valence-corrected chi connectivity index (χ1v) is 12.9. The normalized spacial score (nSPS) is 12.2. The lowest BCUT2D eigenvalue weighted by Gasteiger charge is -2.30. The zero-order chi connectivity index (χ0) is 28.2. The quantitative estimate of drug-likeness (QED) is 0.220. The van der Waals surface area contributed by atoms with Crippen LogP contribution in [-0.4, -0.2) is 54.8 Å². The monoisotopic (exact) mass is 542 g/mol. The summed E-state index contributed by atoms with van der Waals surface area (Å²) in [5.74, 6) is 0.123. The van der Waals surface area contributed by atoms with E-state index in [1.54, 1.807) is 0 Å². The maximum Gasteiger partial charge on any atom is 0.573 e. The van der Waals surface area contributed by atoms with Gasteiger partial charge in [0.2, 0.25) is 5.82 Å². The molecule has 3 heterocycles. The molecule has 39 heavy (non-hydrogen) atoms. The Morgan fingerprint density at radius 1 is 0.974 bits per heavy atom. The Balaban J connectivity index is 1.40. The third kappa shape index (κ3) is 7.66. The molecule has 0 radical (unpaired) electrons. The van der Waals surface area contributed by atoms with E-state index in [9.17, 15) is 13.2 Å². The van der Waals surface area contributed by atoms with Crippen molar-refractivity contribution in [2.24, 2.45) is 0 Å². The molecule has 0 amide bonds. The number of rotatable bonds is 11. The number of benzene rings is 1. The first kappa shape index (κ1) is 28.3. The predicted octanol–water partition coefficient (Wildman–Crippen LogP) is 6.30. The molecule has 0 spiro atoms. The zero-order valence-electron chi connectivity index (χ0n) is 22.7. The van der Waals surface area contributed by atoms with Crippen molar-refractivity contribution in [1.29, 1.82) is 0 Å². The Morgan fingerprint density at radius 2 is 1.67 bits per heavy atom. The van der Waals surface area contributed by atoms with Crippen LogP contribution in [0.25, 0.3) is 23.0 Å². The maximum absolute atomic E-state index is 12.4. The summed E-state index contributed by atoms with van der Waals surface area (Å²) in [4.78, 5) is 11.7. The van der Waals surface area contributed by atoms with Gasteiger partial charge in [0.1, 0.15) is 5.75 Å². The largest absolute Gasteiger partial charge is 0.573 e. The Hall–Kier alpha value is -3.73. The van der Waals surface area contributed by atoms with Gasteiger partial charge >= 0.3 is 6.36 Å². The van der Waals surface area contributed by atoms with E-state index in [2.05, 4.69) is 58.6 Å². The van der Waals surface area contributed by atoms with Crippen molar-refractivity contribution in [3.8, 4) is 28.7 Å². The first-order valence-electron chi connectivity index (χ1n) is 12.9. The highest BCUT2D eigenvalue weighted by Crippen LogP contribution is 2.27. The van der Waals surface area contributed by atoms with Gasteiger partial charge in [-0.1, -0.05) is 11.2 Å². The number of nitrogens with zero attached hydrogens (tertiary/aromatic N) is 6. The van der Waals surface area contributed by atoms with Gasteiger partial charge in [-0.05, 0) is 96.5 Å². The van der Waals surface area contributed by atoms with Gasteiger partial charge in [0, 0.05) is 29.0 Å². The van der Waals surface area contributed by atoms with E-state index < -0.39 is 6.36 Å². The molecule has 4 aromatic rings. The minimum atomic E-state index is -4.75. The van der Waals surface area contributed by atoms with E-state index >= 15 is 0 Å². The predicted molar refractivity (Wildman–Crippen MR) is 141 cm³/mol. The van der Waals surface area contributed by atoms with Crippen molar-refractivity contribution in [3.63, 3.8) is 0 Å². The summed E-state index contributed by atoms with van der Waals surface area (Å²) in [6, 6.07) is 14.2. The molecule has 4 rings (SSSR count). The molecular formula is C28H33F3N6O2. The fourth-order valence-electron chi connectivity index (χ4n) is 4.49. The molecule has 0 saturated heterocycles. The van der Waals surface area contributed by atoms with E-state index in [0.717, 1.165) is 36.5 Å². The van der Waals surface area contributed by atoms with Gasteiger partial charge in [-0.15, -0.1) is 13.2 Å². The molecule has 0 fully saturated rings. The smallest absolute Gasteiger partial charge is 0.406 e. The lowest BCUT2D eigenvalue weighted by molar-refractivity contribution is -0.274. The number of alkyl halides is 3. The fourth-order valence-corrected chi connectivity index (χ4v) is 4.49. The molecule has 0 saturated carbocycles. The summed E-state index contributed by atoms with van der Waals surface area (Å²) in [5.41, 5.74) is 3.85. The van der Waals surface area contributed by atoms with Crippen LogP contribution in [0.5, 0.6) is 5.75 Å². The van der Waals surface area contributed by atoms with Gasteiger partial charge in [0.15, 0.2) is 5.69 Å². The molecule has 1 aromatic carbocycles. The molecule has 0 N–H and O–H groups in total. The maximum atomic E-state index is 12.4. The van der Waals surface area contributed by atoms with E-state index in [-0.39, 0.29) is 17.5 Å². The average molecular weight is 543 g/mol. The van der Waals surface area contributed by atoms with Crippen molar-refractivity contribution < 1.29 is 22.4 Å². The molecule has 0 aliphatic heterocycles. The molecule has 0 bridgehead atoms. The third-order valence-electron chi connectivity index (χ3n) is 6.32. The van der Waals surface area contributed by atoms with E-state index in [0.29, 0.717) is 29.9 Å². The number of hydrogen-bond acceptors (Lipinski definition) is 7. The van der Waals surface area contributed by atoms with Crippen molar-refractivity contribution in [2.75, 3.05) is 6.54 Å². The van der Waals surface area contributed by atoms with Crippen LogP contribution in [0.15, 0.2) is 53.1 Å². The average Bonchev–Trinajstić information content (AvgIpc) is 3.48. The number of halogens is 3. The summed E-state index contributed by atoms with van der Waals surface area (Å²) in [5, 5.41) is 8.57. The van der Waals surface area contributed by atoms with E-state index in [1.807, 2.05) is 29.8 Å². The van der Waals surface area contributed by atoms with Crippen LogP contribution in [0.4, 0.5) is 13.2 Å². The van der Waals surface area contributed by atoms with Gasteiger partial charge in [-0.2, -0.15) is 10.1 Å². The van der Waals surface area contributed by atoms with E-state index in [4.69, 9.17) is 9.51 Å². The minimum absolute atomic E-state index is 0.212. The first-order chi connectivity index (χ1) is 18.5. The number of pyridine rings is 1. The van der Waals surface area contributed by atoms with Gasteiger partial charge in [0.25, 0.3) is 5.89 Å². The Kier molecular flexibility index (Phi) is 8.69. The van der Waals surface area contributed by atoms with Crippen LogP contribution in [0.3, 0.4) is 0 Å². The molecule has 3 aromatic heterocycles. The standard InChI is InChI=1S/C28H33F3N6O2/c1-18(2)36(19(3)4)15-7-10-22-8-6-9-23(32-22)17-37-20(5)16-25(34-37)27-33-26(35-39-27)21-11-13-24(14-12-21)38-28(29,30)31/h6,8-9,11-14,16,18-19H,7,10,15,17H2,1-5H3. The Bertz CT molecular complexity index is 1350. The van der Waals surface area contributed by atoms with Gasteiger partial charge < -0.3 is 9.26 Å². The Labute approximate surface area is 225 Å². The van der Waals surface area contributed by atoms with Crippen molar-refractivity contribution >= 4 is 0 Å². The molecule has 0 atom stereocenters. The van der Waals surface area contributed by atoms with Crippen molar-refractivity contribution in [3.05, 3.63) is 65.6 Å². The highest BCUT2D eigenvalue weighted by Gasteiger charge is 2.31. The Morgan fingerprint density at radius 3 is 2.33 bits per heavy atom. The van der Waals surface area contributed by atoms with Crippen LogP contribution >= 0.6 is 0 Å². The SMILES string of the molecule is Cc1cc(-c2nc(-c3ccc(OC(F)(F)F)cc3)no2)nn1Cc1cccc(CCCN(C(C)C)C(C)C)n1. The number of aromatic nitrogens is 5. The molecular weight excluding hydrogens is 509 g/mol. The number of hydrogen-bond donors (Lipinski definition) is 0. The third-order valence-corrected chi connectivity index (χ3v) is 6.32. The van der Waals surface area contributed by atoms with Crippen molar-refractivity contribution in [2.45, 2.75) is 72.5 Å². The number of ether oxygens (including phenoxy) is 1. The summed E-state index contributed by atoms with van der Waals surface area (Å²) in [7, 11) is 0. The molecule has 0 aliphatic carbocycles. The van der Waals surface area contributed by atoms with Crippen LogP contribution in [0.1, 0.15) is 51.2 Å². The summed E-state index contributed by atoms with van der Waals surface area (Å²) in [6.45, 7) is 12.4. The lowest BCUT2D eigenvalue weighted by Crippen LogP contribution is -2.37.